The summed E-state index contributed by atoms with van der Waals surface area (Å²) in [5, 5.41) is 3.71. The number of carbonyl (C=O) groups is 2. The summed E-state index contributed by atoms with van der Waals surface area (Å²) in [6.45, 7) is 3.31. The summed E-state index contributed by atoms with van der Waals surface area (Å²) in [4.78, 5) is 30.5. The van der Waals surface area contributed by atoms with Crippen LogP contribution in [0.15, 0.2) is 52.9 Å². The molecule has 1 N–H and O–H groups in total. The van der Waals surface area contributed by atoms with Crippen molar-refractivity contribution in [2.45, 2.75) is 38.6 Å². The van der Waals surface area contributed by atoms with Crippen molar-refractivity contribution in [1.29, 1.82) is 0 Å². The fraction of sp³-hybridized carbons (Fsp3) is 0.346. The minimum Gasteiger partial charge on any atom is -0.406 e. The van der Waals surface area contributed by atoms with E-state index in [-0.39, 0.29) is 43.2 Å². The van der Waals surface area contributed by atoms with E-state index in [9.17, 15) is 31.2 Å². The van der Waals surface area contributed by atoms with Gasteiger partial charge in [0, 0.05) is 43.7 Å². The number of rotatable bonds is 6. The Labute approximate surface area is 224 Å². The van der Waals surface area contributed by atoms with Gasteiger partial charge in [0.25, 0.3) is 5.91 Å². The molecule has 208 valence electrons. The monoisotopic (exact) mass is 564 g/mol. The van der Waals surface area contributed by atoms with Crippen LogP contribution >= 0.6 is 0 Å². The molecular weight excluding hydrogens is 537 g/mol. The fourth-order valence-electron chi connectivity index (χ4n) is 4.39. The zero-order valence-electron chi connectivity index (χ0n) is 21.4. The molecular formula is C26H27F3N4O5S. The molecule has 1 saturated heterocycles. The third-order valence-electron chi connectivity index (χ3n) is 6.77. The van der Waals surface area contributed by atoms with Gasteiger partial charge in [0.15, 0.2) is 0 Å². The van der Waals surface area contributed by atoms with E-state index in [0.29, 0.717) is 11.3 Å². The number of halogens is 3. The van der Waals surface area contributed by atoms with E-state index >= 15 is 0 Å². The van der Waals surface area contributed by atoms with Crippen molar-refractivity contribution in [2.75, 3.05) is 25.0 Å². The number of sulfonamides is 1. The van der Waals surface area contributed by atoms with Crippen LogP contribution in [-0.4, -0.2) is 62.4 Å². The van der Waals surface area contributed by atoms with Gasteiger partial charge < -0.3 is 15.0 Å². The molecule has 2 aromatic rings. The van der Waals surface area contributed by atoms with E-state index in [1.54, 1.807) is 25.2 Å². The number of nitrogens with zero attached hydrogens (tertiary/aromatic N) is 3. The van der Waals surface area contributed by atoms with Crippen LogP contribution in [0.4, 0.5) is 18.9 Å². The summed E-state index contributed by atoms with van der Waals surface area (Å²) < 4.78 is 69.1. The average molecular weight is 565 g/mol. The van der Waals surface area contributed by atoms with Gasteiger partial charge in [-0.05, 0) is 61.2 Å². The number of carbonyl (C=O) groups excluding carboxylic acids is 2. The molecule has 0 saturated carbocycles. The number of piperidine rings is 1. The third kappa shape index (κ3) is 6.31. The Hall–Kier alpha value is -3.71. The first kappa shape index (κ1) is 28.3. The average Bonchev–Trinajstić information content (AvgIpc) is 3.17. The molecule has 0 atom stereocenters. The van der Waals surface area contributed by atoms with Gasteiger partial charge in [0.1, 0.15) is 17.1 Å². The van der Waals surface area contributed by atoms with Crippen LogP contribution < -0.4 is 15.0 Å². The molecule has 13 heteroatoms. The second-order valence-electron chi connectivity index (χ2n) is 9.39. The summed E-state index contributed by atoms with van der Waals surface area (Å²) in [7, 11) is -2.21. The SMILES string of the molecule is CC(=O)N(C)c1ccc(C)c(/C=C/S(=O)(=O)N2CCC3(CC2)N=C(c2cccc(OC(F)(F)F)c2)NC3=O)c1. The Bertz CT molecular complexity index is 1460. The maximum Gasteiger partial charge on any atom is 0.573 e. The Balaban J connectivity index is 1.48. The molecule has 4 rings (SSSR count). The first-order valence-electron chi connectivity index (χ1n) is 12.0. The van der Waals surface area contributed by atoms with Crippen molar-refractivity contribution in [1.82, 2.24) is 9.62 Å². The van der Waals surface area contributed by atoms with Crippen molar-refractivity contribution in [3.63, 3.8) is 0 Å². The molecule has 0 aliphatic carbocycles. The van der Waals surface area contributed by atoms with E-state index in [4.69, 9.17) is 0 Å². The molecule has 2 amide bonds. The van der Waals surface area contributed by atoms with Crippen molar-refractivity contribution in [3.8, 4) is 5.75 Å². The van der Waals surface area contributed by atoms with Crippen LogP contribution in [-0.2, 0) is 19.6 Å². The van der Waals surface area contributed by atoms with Crippen molar-refractivity contribution < 1.29 is 35.9 Å². The topological polar surface area (TPSA) is 108 Å². The first-order valence-corrected chi connectivity index (χ1v) is 13.5. The lowest BCUT2D eigenvalue weighted by Crippen LogP contribution is -2.50. The lowest BCUT2D eigenvalue weighted by molar-refractivity contribution is -0.274. The summed E-state index contributed by atoms with van der Waals surface area (Å²) in [5.41, 5.74) is 1.12. The molecule has 0 unspecified atom stereocenters. The number of amides is 2. The number of aliphatic imine (C=N–C) groups is 1. The van der Waals surface area contributed by atoms with Gasteiger partial charge in [-0.25, -0.2) is 8.42 Å². The van der Waals surface area contributed by atoms with Gasteiger partial charge in [-0.3, -0.25) is 14.6 Å². The second-order valence-corrected chi connectivity index (χ2v) is 11.2. The number of ether oxygens (including phenoxy) is 1. The molecule has 0 radical (unpaired) electrons. The summed E-state index contributed by atoms with van der Waals surface area (Å²) in [6.07, 6.45) is -3.18. The summed E-state index contributed by atoms with van der Waals surface area (Å²) >= 11 is 0. The highest BCUT2D eigenvalue weighted by Gasteiger charge is 2.47. The van der Waals surface area contributed by atoms with E-state index in [1.165, 1.54) is 34.3 Å². The van der Waals surface area contributed by atoms with Gasteiger partial charge in [-0.2, -0.15) is 4.31 Å². The molecule has 1 spiro atoms. The Morgan fingerprint density at radius 2 is 1.87 bits per heavy atom. The van der Waals surface area contributed by atoms with Gasteiger partial charge in [-0.15, -0.1) is 13.2 Å². The quantitative estimate of drug-likeness (QED) is 0.577. The van der Waals surface area contributed by atoms with Crippen LogP contribution in [0.25, 0.3) is 6.08 Å². The third-order valence-corrected chi connectivity index (χ3v) is 8.34. The fourth-order valence-corrected chi connectivity index (χ4v) is 5.57. The summed E-state index contributed by atoms with van der Waals surface area (Å²) in [5.74, 6) is -0.934. The number of benzene rings is 2. The highest BCUT2D eigenvalue weighted by Crippen LogP contribution is 2.33. The molecule has 2 heterocycles. The van der Waals surface area contributed by atoms with Crippen LogP contribution in [0.5, 0.6) is 5.75 Å². The van der Waals surface area contributed by atoms with Crippen LogP contribution in [0, 0.1) is 6.92 Å². The summed E-state index contributed by atoms with van der Waals surface area (Å²) in [6, 6.07) is 10.4. The number of hydrogen-bond acceptors (Lipinski definition) is 6. The van der Waals surface area contributed by atoms with Crippen molar-refractivity contribution in [2.24, 2.45) is 4.99 Å². The van der Waals surface area contributed by atoms with Crippen LogP contribution in [0.2, 0.25) is 0 Å². The predicted octanol–water partition coefficient (Wildman–Crippen LogP) is 3.59. The second kappa shape index (κ2) is 10.5. The minimum atomic E-state index is -4.86. The highest BCUT2D eigenvalue weighted by molar-refractivity contribution is 7.92. The van der Waals surface area contributed by atoms with Crippen LogP contribution in [0.1, 0.15) is 36.5 Å². The van der Waals surface area contributed by atoms with E-state index < -0.39 is 33.6 Å². The Morgan fingerprint density at radius 1 is 1.18 bits per heavy atom. The number of anilines is 1. The van der Waals surface area contributed by atoms with Gasteiger partial charge in [-0.1, -0.05) is 18.2 Å². The maximum absolute atomic E-state index is 13.1. The van der Waals surface area contributed by atoms with E-state index in [0.717, 1.165) is 23.1 Å². The van der Waals surface area contributed by atoms with E-state index in [1.807, 2.05) is 6.92 Å². The standard InChI is InChI=1S/C26H27F3N4O5S/c1-17-7-8-21(32(3)18(2)34)15-19(17)9-14-39(36,37)33-12-10-25(11-13-33)24(35)30-23(31-25)20-5-4-6-22(16-20)38-26(27,28)29/h4-9,14-16H,10-13H2,1-3H3,(H,30,31,35)/b14-9+. The first-order chi connectivity index (χ1) is 18.2. The Morgan fingerprint density at radius 3 is 2.51 bits per heavy atom. The molecule has 1 fully saturated rings. The van der Waals surface area contributed by atoms with E-state index in [2.05, 4.69) is 15.0 Å². The molecule has 0 aromatic heterocycles. The normalized spacial score (nSPS) is 17.8. The Kier molecular flexibility index (Phi) is 7.59. The number of nitrogens with one attached hydrogen (secondary N) is 1. The zero-order valence-corrected chi connectivity index (χ0v) is 22.3. The number of aryl methyl sites for hydroxylation is 1. The molecule has 39 heavy (non-hydrogen) atoms. The largest absolute Gasteiger partial charge is 0.573 e. The van der Waals surface area contributed by atoms with Gasteiger partial charge in [0.2, 0.25) is 15.9 Å². The number of hydrogen-bond donors (Lipinski definition) is 1. The van der Waals surface area contributed by atoms with Crippen molar-refractivity contribution >= 4 is 39.4 Å². The molecule has 2 aliphatic heterocycles. The molecule has 2 aromatic carbocycles. The molecule has 0 bridgehead atoms. The number of alkyl halides is 3. The predicted molar refractivity (Wildman–Crippen MR) is 140 cm³/mol. The molecule has 9 nitrogen and oxygen atoms in total. The smallest absolute Gasteiger partial charge is 0.406 e. The van der Waals surface area contributed by atoms with Crippen molar-refractivity contribution in [3.05, 3.63) is 64.6 Å². The van der Waals surface area contributed by atoms with Gasteiger partial charge in [0.05, 0.1) is 0 Å². The van der Waals surface area contributed by atoms with Gasteiger partial charge >= 0.3 is 6.36 Å². The number of amidine groups is 1. The lowest BCUT2D eigenvalue weighted by Gasteiger charge is -2.34. The van der Waals surface area contributed by atoms with Crippen LogP contribution in [0.3, 0.4) is 0 Å². The highest BCUT2D eigenvalue weighted by atomic mass is 32.2. The minimum absolute atomic E-state index is 0.0280. The zero-order chi connectivity index (χ0) is 28.6. The maximum atomic E-state index is 13.1. The lowest BCUT2D eigenvalue weighted by atomic mass is 9.89. The molecule has 2 aliphatic rings.